The molecule has 56 heavy (non-hydrogen) atoms. The predicted molar refractivity (Wildman–Crippen MR) is 201 cm³/mol. The number of ether oxygens (including phenoxy) is 4. The van der Waals surface area contributed by atoms with E-state index in [0.717, 1.165) is 16.7 Å². The molecule has 6 rings (SSSR count). The molecule has 2 bridgehead atoms. The minimum atomic E-state index is -1.53. The van der Waals surface area contributed by atoms with E-state index in [4.69, 9.17) is 23.8 Å². The summed E-state index contributed by atoms with van der Waals surface area (Å²) in [6.07, 6.45) is 0.269. The fourth-order valence-corrected chi connectivity index (χ4v) is 8.01. The lowest BCUT2D eigenvalue weighted by atomic mass is 9.62. The van der Waals surface area contributed by atoms with Crippen LogP contribution in [-0.4, -0.2) is 132 Å². The zero-order chi connectivity index (χ0) is 40.4. The molecule has 15 nitrogen and oxygen atoms in total. The minimum absolute atomic E-state index is 0.0396. The summed E-state index contributed by atoms with van der Waals surface area (Å²) in [5, 5.41) is 14.6. The van der Waals surface area contributed by atoms with Crippen LogP contribution in [0.1, 0.15) is 56.7 Å². The van der Waals surface area contributed by atoms with Gasteiger partial charge in [0.25, 0.3) is 0 Å². The first-order valence-electron chi connectivity index (χ1n) is 18.9. The average Bonchev–Trinajstić information content (AvgIpc) is 3.78. The Morgan fingerprint density at radius 3 is 2.45 bits per heavy atom. The maximum Gasteiger partial charge on any atom is 0.327 e. The molecule has 2 aromatic carbocycles. The molecule has 4 fully saturated rings. The number of hydroxylamine groups is 2. The van der Waals surface area contributed by atoms with E-state index in [1.807, 2.05) is 54.6 Å². The quantitative estimate of drug-likeness (QED) is 0.212. The van der Waals surface area contributed by atoms with E-state index in [9.17, 15) is 24.3 Å². The van der Waals surface area contributed by atoms with Crippen LogP contribution in [0, 0.1) is 5.41 Å². The summed E-state index contributed by atoms with van der Waals surface area (Å²) < 4.78 is 23.2. The van der Waals surface area contributed by atoms with Crippen molar-refractivity contribution in [2.24, 2.45) is 5.41 Å². The molecule has 3 aliphatic heterocycles. The maximum absolute atomic E-state index is 15.3. The van der Waals surface area contributed by atoms with Crippen LogP contribution < -0.4 is 5.32 Å². The van der Waals surface area contributed by atoms with Crippen LogP contribution in [0.5, 0.6) is 0 Å². The van der Waals surface area contributed by atoms with Gasteiger partial charge in [-0.1, -0.05) is 54.6 Å². The van der Waals surface area contributed by atoms with Crippen molar-refractivity contribution in [2.75, 3.05) is 34.5 Å². The zero-order valence-corrected chi connectivity index (χ0v) is 32.7. The average molecular weight is 777 g/mol. The van der Waals surface area contributed by atoms with E-state index in [1.54, 1.807) is 40.9 Å². The Kier molecular flexibility index (Phi) is 12.3. The Labute approximate surface area is 326 Å². The lowest BCUT2D eigenvalue weighted by molar-refractivity contribution is -0.204. The molecule has 0 unspecified atom stereocenters. The van der Waals surface area contributed by atoms with Crippen LogP contribution in [-0.2, 0) is 60.7 Å². The zero-order valence-electron chi connectivity index (χ0n) is 32.7. The van der Waals surface area contributed by atoms with Crippen molar-refractivity contribution in [1.82, 2.24) is 20.2 Å². The van der Waals surface area contributed by atoms with E-state index in [0.29, 0.717) is 0 Å². The third-order valence-corrected chi connectivity index (χ3v) is 10.7. The number of esters is 2. The number of carbonyl (C=O) groups is 5. The van der Waals surface area contributed by atoms with E-state index in [-0.39, 0.29) is 44.9 Å². The molecule has 1 aliphatic carbocycles. The Morgan fingerprint density at radius 2 is 1.75 bits per heavy atom. The molecule has 2 aromatic rings. The second-order valence-electron chi connectivity index (χ2n) is 16.0. The number of hydrogen-bond acceptors (Lipinski definition) is 12. The van der Waals surface area contributed by atoms with Crippen LogP contribution in [0.15, 0.2) is 60.7 Å². The van der Waals surface area contributed by atoms with Gasteiger partial charge < -0.3 is 39.2 Å². The Bertz CT molecular complexity index is 1810. The number of likely N-dealkylation sites (N-methyl/N-ethyl adjacent to an activating group) is 2. The number of hydrogen-bond donors (Lipinski definition) is 2. The number of fused-ring (bicyclic) bond motifs is 4. The van der Waals surface area contributed by atoms with Crippen molar-refractivity contribution in [3.63, 3.8) is 0 Å². The van der Waals surface area contributed by atoms with Gasteiger partial charge in [0.15, 0.2) is 6.04 Å². The van der Waals surface area contributed by atoms with Crippen molar-refractivity contribution in [3.8, 4) is 0 Å². The van der Waals surface area contributed by atoms with Gasteiger partial charge in [0.05, 0.1) is 19.2 Å². The van der Waals surface area contributed by atoms with Crippen molar-refractivity contribution in [1.29, 1.82) is 0 Å². The normalized spacial score (nSPS) is 26.6. The third kappa shape index (κ3) is 8.66. The largest absolute Gasteiger partial charge is 0.460 e. The number of amides is 3. The smallest absolute Gasteiger partial charge is 0.327 e. The molecule has 0 spiro atoms. The van der Waals surface area contributed by atoms with Crippen LogP contribution in [0.3, 0.4) is 0 Å². The molecule has 0 aromatic heterocycles. The predicted octanol–water partition coefficient (Wildman–Crippen LogP) is 2.00. The molecule has 3 heterocycles. The van der Waals surface area contributed by atoms with Crippen LogP contribution >= 0.6 is 0 Å². The number of carbonyl (C=O) groups excluding carboxylic acids is 5. The maximum atomic E-state index is 15.3. The number of benzene rings is 2. The van der Waals surface area contributed by atoms with Gasteiger partial charge in [-0.25, -0.2) is 0 Å². The summed E-state index contributed by atoms with van der Waals surface area (Å²) in [6.45, 7) is 4.84. The number of aliphatic hydroxyl groups excluding tert-OH is 1. The van der Waals surface area contributed by atoms with E-state index >= 15 is 4.79 Å². The summed E-state index contributed by atoms with van der Waals surface area (Å²) in [5.41, 5.74) is 0.0585. The van der Waals surface area contributed by atoms with Crippen molar-refractivity contribution >= 4 is 35.7 Å². The molecular formula is C41H52N4O11. The Morgan fingerprint density at radius 1 is 1.04 bits per heavy atom. The first-order chi connectivity index (χ1) is 26.6. The molecule has 3 saturated heterocycles. The van der Waals surface area contributed by atoms with Crippen molar-refractivity contribution in [3.05, 3.63) is 77.4 Å². The fraction of sp³-hybridized carbons (Fsp3) is 0.537. The number of nitrogens with zero attached hydrogens (tertiary/aromatic N) is 3. The molecule has 4 aliphatic rings. The first kappa shape index (κ1) is 41.0. The number of rotatable bonds is 14. The van der Waals surface area contributed by atoms with Crippen molar-refractivity contribution < 1.29 is 52.9 Å². The van der Waals surface area contributed by atoms with Gasteiger partial charge in [0.2, 0.25) is 17.7 Å². The summed E-state index contributed by atoms with van der Waals surface area (Å²) in [6, 6.07) is 13.5. The number of aliphatic hydroxyl groups is 1. The second kappa shape index (κ2) is 16.8. The first-order valence-corrected chi connectivity index (χ1v) is 18.9. The van der Waals surface area contributed by atoms with Crippen LogP contribution in [0.2, 0.25) is 0 Å². The molecular weight excluding hydrogens is 724 g/mol. The highest BCUT2D eigenvalue weighted by atomic mass is 16.8. The molecule has 0 radical (unpaired) electrons. The summed E-state index contributed by atoms with van der Waals surface area (Å²) in [4.78, 5) is 77.7. The van der Waals surface area contributed by atoms with E-state index < -0.39 is 83.9 Å². The molecule has 302 valence electrons. The molecule has 3 amide bonds. The summed E-state index contributed by atoms with van der Waals surface area (Å²) >= 11 is 0. The molecule has 15 heteroatoms. The molecule has 1 saturated carbocycles. The second-order valence-corrected chi connectivity index (χ2v) is 16.0. The highest BCUT2D eigenvalue weighted by Gasteiger charge is 2.75. The van der Waals surface area contributed by atoms with E-state index in [1.165, 1.54) is 28.0 Å². The van der Waals surface area contributed by atoms with Gasteiger partial charge in [0, 0.05) is 46.5 Å². The van der Waals surface area contributed by atoms with Gasteiger partial charge >= 0.3 is 11.9 Å². The Balaban J connectivity index is 1.30. The summed E-state index contributed by atoms with van der Waals surface area (Å²) in [5.74, 6) is -2.34. The highest BCUT2D eigenvalue weighted by Crippen LogP contribution is 2.56. The van der Waals surface area contributed by atoms with Gasteiger partial charge in [-0.2, -0.15) is 5.06 Å². The summed E-state index contributed by atoms with van der Waals surface area (Å²) in [7, 11) is 4.85. The van der Waals surface area contributed by atoms with Crippen LogP contribution in [0.4, 0.5) is 0 Å². The van der Waals surface area contributed by atoms with Crippen LogP contribution in [0.25, 0.3) is 6.08 Å². The number of nitrogens with one attached hydrogen (secondary N) is 1. The topological polar surface area (TPSA) is 173 Å². The standard InChI is InChI=1S/C41H52N4O11/c1-40(2,3)55-32(48)18-16-28(23-46)42-37(49)29(20-25-11-8-7-9-12-25)44(6)39(51)41-21-30-33-34(53-24-52-33)36(41)56-45(35(41)38(50)54-30)22-27-14-10-13-26(19-27)15-17-31(47)43(4)5/h7-15,17,19,28-30,33-36,46H,16,18,20-24H2,1-6H3,(H,42,49)/t28-,29+,30+,33-,34-,35-,36+,41-/m0/s1. The highest BCUT2D eigenvalue weighted by molar-refractivity contribution is 5.96. The third-order valence-electron chi connectivity index (χ3n) is 10.7. The van der Waals surface area contributed by atoms with E-state index in [2.05, 4.69) is 5.32 Å². The Hall–Kier alpha value is -4.67. The minimum Gasteiger partial charge on any atom is -0.460 e. The fourth-order valence-electron chi connectivity index (χ4n) is 8.01. The lowest BCUT2D eigenvalue weighted by Gasteiger charge is -2.50. The monoisotopic (exact) mass is 776 g/mol. The lowest BCUT2D eigenvalue weighted by Crippen LogP contribution is -2.70. The van der Waals surface area contributed by atoms with Gasteiger partial charge in [-0.15, -0.1) is 0 Å². The van der Waals surface area contributed by atoms with Crippen molar-refractivity contribution in [2.45, 2.75) is 101 Å². The van der Waals surface area contributed by atoms with Gasteiger partial charge in [-0.3, -0.25) is 28.8 Å². The SMILES string of the molecule is CN(C)C(=O)C=Cc1cccc(CN2O[C@@H]3[C@H]4OCO[C@H]4[C@H]4C[C@]3(C(=O)N(C)[C@H](Cc3ccccc3)C(=O)N[C@H](CO)CCC(=O)OC(C)(C)C)[C@@H]2C(=O)O4)c1. The molecule has 2 N–H and O–H groups in total. The molecule has 8 atom stereocenters. The van der Waals surface area contributed by atoms with Gasteiger partial charge in [0.1, 0.15) is 48.3 Å². The van der Waals surface area contributed by atoms with Gasteiger partial charge in [-0.05, 0) is 50.0 Å².